The van der Waals surface area contributed by atoms with Gasteiger partial charge < -0.3 is 20.6 Å². The summed E-state index contributed by atoms with van der Waals surface area (Å²) >= 11 is 0. The van der Waals surface area contributed by atoms with Crippen molar-refractivity contribution >= 4 is 34.6 Å². The highest BCUT2D eigenvalue weighted by Gasteiger charge is 2.20. The van der Waals surface area contributed by atoms with Crippen LogP contribution in [0.3, 0.4) is 0 Å². The molecule has 9 nitrogen and oxygen atoms in total. The fourth-order valence-electron chi connectivity index (χ4n) is 3.80. The van der Waals surface area contributed by atoms with E-state index >= 15 is 0 Å². The van der Waals surface area contributed by atoms with E-state index in [1.807, 2.05) is 26.0 Å². The maximum atomic E-state index is 13.1. The van der Waals surface area contributed by atoms with Gasteiger partial charge in [-0.15, -0.1) is 0 Å². The lowest BCUT2D eigenvalue weighted by atomic mass is 9.99. The number of nitrogen functional groups attached to an aromatic ring is 1. The SMILES string of the molecule is CCCN(CC(=O)O)C(=O)Oc1ccc2[nH]c(C)c(C(=O)CCc3ccc(C(=N)N)cc3)c2c1. The van der Waals surface area contributed by atoms with E-state index in [9.17, 15) is 14.4 Å². The predicted molar refractivity (Wildman–Crippen MR) is 129 cm³/mol. The number of aliphatic carboxylic acids is 1. The van der Waals surface area contributed by atoms with E-state index in [1.165, 1.54) is 0 Å². The molecule has 1 aromatic heterocycles. The number of nitrogens with zero attached hydrogens (tertiary/aromatic N) is 1. The number of fused-ring (bicyclic) bond motifs is 1. The average molecular weight is 465 g/mol. The number of carboxylic acid groups (broad SMARTS) is 1. The van der Waals surface area contributed by atoms with Crippen molar-refractivity contribution in [3.63, 3.8) is 0 Å². The number of hydrogen-bond donors (Lipinski definition) is 4. The summed E-state index contributed by atoms with van der Waals surface area (Å²) in [5.41, 5.74) is 9.06. The summed E-state index contributed by atoms with van der Waals surface area (Å²) in [4.78, 5) is 40.9. The maximum Gasteiger partial charge on any atom is 0.415 e. The zero-order valence-electron chi connectivity index (χ0n) is 19.2. The Balaban J connectivity index is 1.77. The van der Waals surface area contributed by atoms with E-state index in [-0.39, 0.29) is 30.3 Å². The number of nitrogens with two attached hydrogens (primary N) is 1. The molecule has 0 fully saturated rings. The Bertz CT molecular complexity index is 1230. The maximum absolute atomic E-state index is 13.1. The van der Waals surface area contributed by atoms with Gasteiger partial charge in [0, 0.05) is 40.7 Å². The summed E-state index contributed by atoms with van der Waals surface area (Å²) in [6.45, 7) is 3.46. The molecule has 0 saturated heterocycles. The molecule has 34 heavy (non-hydrogen) atoms. The summed E-state index contributed by atoms with van der Waals surface area (Å²) in [7, 11) is 0. The molecule has 0 saturated carbocycles. The van der Waals surface area contributed by atoms with E-state index in [0.717, 1.165) is 16.0 Å². The topological polar surface area (TPSA) is 150 Å². The van der Waals surface area contributed by atoms with Crippen LogP contribution in [0.15, 0.2) is 42.5 Å². The molecule has 9 heteroatoms. The number of ketones is 1. The zero-order chi connectivity index (χ0) is 24.8. The molecule has 0 bridgehead atoms. The summed E-state index contributed by atoms with van der Waals surface area (Å²) in [6.07, 6.45) is 0.644. The van der Waals surface area contributed by atoms with E-state index in [0.29, 0.717) is 35.0 Å². The minimum absolute atomic E-state index is 0.00526. The number of carbonyl (C=O) groups excluding carboxylic acids is 2. The third kappa shape index (κ3) is 5.80. The number of Topliss-reactive ketones (excluding diaryl/α,β-unsaturated/α-hetero) is 1. The van der Waals surface area contributed by atoms with Crippen LogP contribution in [0.2, 0.25) is 0 Å². The number of ether oxygens (including phenoxy) is 1. The first-order valence-electron chi connectivity index (χ1n) is 11.0. The lowest BCUT2D eigenvalue weighted by Crippen LogP contribution is -2.38. The molecule has 0 unspecified atom stereocenters. The van der Waals surface area contributed by atoms with Gasteiger partial charge in [0.2, 0.25) is 0 Å². The van der Waals surface area contributed by atoms with Crippen LogP contribution < -0.4 is 10.5 Å². The Kier molecular flexibility index (Phi) is 7.68. The van der Waals surface area contributed by atoms with Gasteiger partial charge in [-0.2, -0.15) is 0 Å². The van der Waals surface area contributed by atoms with Crippen molar-refractivity contribution in [1.82, 2.24) is 9.88 Å². The number of benzene rings is 2. The van der Waals surface area contributed by atoms with Gasteiger partial charge in [0.25, 0.3) is 0 Å². The number of H-pyrrole nitrogens is 1. The second-order valence-electron chi connectivity index (χ2n) is 8.05. The first kappa shape index (κ1) is 24.5. The highest BCUT2D eigenvalue weighted by molar-refractivity contribution is 6.09. The Morgan fingerprint density at radius 3 is 2.47 bits per heavy atom. The van der Waals surface area contributed by atoms with Crippen LogP contribution in [0, 0.1) is 12.3 Å². The van der Waals surface area contributed by atoms with Gasteiger partial charge in [-0.25, -0.2) is 4.79 Å². The number of carbonyl (C=O) groups is 3. The number of aromatic nitrogens is 1. The second kappa shape index (κ2) is 10.7. The van der Waals surface area contributed by atoms with Crippen LogP contribution in [0.5, 0.6) is 5.75 Å². The van der Waals surface area contributed by atoms with Gasteiger partial charge in [0.05, 0.1) is 0 Å². The Morgan fingerprint density at radius 1 is 1.15 bits per heavy atom. The molecule has 0 aliphatic heterocycles. The minimum Gasteiger partial charge on any atom is -0.480 e. The number of aryl methyl sites for hydroxylation is 2. The largest absolute Gasteiger partial charge is 0.480 e. The van der Waals surface area contributed by atoms with Crippen molar-refractivity contribution < 1.29 is 24.2 Å². The predicted octanol–water partition coefficient (Wildman–Crippen LogP) is 3.87. The molecular formula is C25H28N4O5. The molecule has 0 spiro atoms. The molecule has 2 aromatic carbocycles. The first-order valence-corrected chi connectivity index (χ1v) is 11.0. The van der Waals surface area contributed by atoms with Crippen molar-refractivity contribution in [3.05, 3.63) is 64.8 Å². The molecule has 178 valence electrons. The van der Waals surface area contributed by atoms with Gasteiger partial charge in [0.1, 0.15) is 18.1 Å². The normalized spacial score (nSPS) is 10.8. The Hall–Kier alpha value is -4.14. The molecule has 3 aromatic rings. The van der Waals surface area contributed by atoms with Crippen molar-refractivity contribution in [2.75, 3.05) is 13.1 Å². The smallest absolute Gasteiger partial charge is 0.415 e. The van der Waals surface area contributed by atoms with Crippen molar-refractivity contribution in [2.45, 2.75) is 33.1 Å². The van der Waals surface area contributed by atoms with Gasteiger partial charge in [-0.1, -0.05) is 31.2 Å². The van der Waals surface area contributed by atoms with E-state index in [2.05, 4.69) is 4.98 Å². The lowest BCUT2D eigenvalue weighted by molar-refractivity contribution is -0.137. The Labute approximate surface area is 197 Å². The fourth-order valence-corrected chi connectivity index (χ4v) is 3.80. The van der Waals surface area contributed by atoms with E-state index < -0.39 is 18.6 Å². The van der Waals surface area contributed by atoms with Crippen molar-refractivity contribution in [2.24, 2.45) is 5.73 Å². The number of nitrogens with one attached hydrogen (secondary N) is 2. The second-order valence-corrected chi connectivity index (χ2v) is 8.05. The fraction of sp³-hybridized carbons (Fsp3) is 0.280. The minimum atomic E-state index is -1.12. The van der Waals surface area contributed by atoms with Gasteiger partial charge in [0.15, 0.2) is 5.78 Å². The lowest BCUT2D eigenvalue weighted by Gasteiger charge is -2.19. The number of amides is 1. The summed E-state index contributed by atoms with van der Waals surface area (Å²) in [5.74, 6) is -0.946. The summed E-state index contributed by atoms with van der Waals surface area (Å²) in [5, 5.41) is 17.1. The van der Waals surface area contributed by atoms with Crippen LogP contribution >= 0.6 is 0 Å². The van der Waals surface area contributed by atoms with Crippen LogP contribution in [0.25, 0.3) is 10.9 Å². The standard InChI is InChI=1S/C25H28N4O5/c1-3-12-29(14-22(31)32)25(33)34-18-9-10-20-19(13-18)23(15(2)28-20)21(30)11-6-16-4-7-17(8-5-16)24(26)27/h4-5,7-10,13,28H,3,6,11-12,14H2,1-2H3,(H3,26,27)(H,31,32). The third-order valence-corrected chi connectivity index (χ3v) is 5.43. The van der Waals surface area contributed by atoms with E-state index in [1.54, 1.807) is 30.3 Å². The molecule has 3 rings (SSSR count). The third-order valence-electron chi connectivity index (χ3n) is 5.43. The van der Waals surface area contributed by atoms with Crippen molar-refractivity contribution in [3.8, 4) is 5.75 Å². The monoisotopic (exact) mass is 464 g/mol. The van der Waals surface area contributed by atoms with Crippen molar-refractivity contribution in [1.29, 1.82) is 5.41 Å². The average Bonchev–Trinajstić information content (AvgIpc) is 3.12. The number of amidine groups is 1. The number of hydrogen-bond acceptors (Lipinski definition) is 5. The van der Waals surface area contributed by atoms with Gasteiger partial charge in [-0.05, 0) is 43.5 Å². The summed E-state index contributed by atoms with van der Waals surface area (Å²) in [6, 6.07) is 12.2. The van der Waals surface area contributed by atoms with E-state index in [4.69, 9.17) is 21.0 Å². The first-order chi connectivity index (χ1) is 16.2. The molecule has 1 heterocycles. The quantitative estimate of drug-likeness (QED) is 0.203. The molecule has 1 amide bonds. The zero-order valence-corrected chi connectivity index (χ0v) is 19.2. The number of carboxylic acids is 1. The molecule has 5 N–H and O–H groups in total. The van der Waals surface area contributed by atoms with Crippen LogP contribution in [-0.2, 0) is 11.2 Å². The van der Waals surface area contributed by atoms with Crippen LogP contribution in [0.1, 0.15) is 46.9 Å². The highest BCUT2D eigenvalue weighted by Crippen LogP contribution is 2.28. The molecule has 0 atom stereocenters. The van der Waals surface area contributed by atoms with Crippen LogP contribution in [0.4, 0.5) is 4.79 Å². The highest BCUT2D eigenvalue weighted by atomic mass is 16.6. The summed E-state index contributed by atoms with van der Waals surface area (Å²) < 4.78 is 5.41. The molecule has 0 aliphatic rings. The number of aromatic amines is 1. The molecule has 0 aliphatic carbocycles. The number of rotatable bonds is 10. The molecular weight excluding hydrogens is 436 g/mol. The molecule has 0 radical (unpaired) electrons. The van der Waals surface area contributed by atoms with Crippen LogP contribution in [-0.4, -0.2) is 51.8 Å². The Morgan fingerprint density at radius 2 is 1.85 bits per heavy atom. The van der Waals surface area contributed by atoms with Gasteiger partial charge >= 0.3 is 12.1 Å². The van der Waals surface area contributed by atoms with Gasteiger partial charge in [-0.3, -0.25) is 19.9 Å².